The summed E-state index contributed by atoms with van der Waals surface area (Å²) in [7, 11) is -2.77. The lowest BCUT2D eigenvalue weighted by molar-refractivity contribution is -0.141. The van der Waals surface area contributed by atoms with Gasteiger partial charge < -0.3 is 20.1 Å². The van der Waals surface area contributed by atoms with Crippen molar-refractivity contribution in [3.63, 3.8) is 0 Å². The van der Waals surface area contributed by atoms with Crippen LogP contribution in [-0.2, 0) is 43.1 Å². The molecule has 1 aromatic heterocycles. The minimum atomic E-state index is -4.74. The molecular formula is C38H40F3N3O6S. The molecule has 1 aliphatic rings. The SMILES string of the molecule is COC(=O)N[C@H](C(=O)Cc1ccccc1CC[C@@H]1CN[C@H](CCS(=O)(=O)c2cccc(C(F)(F)F)n2)CO1)C(c1ccccc1)c1ccccc1. The maximum absolute atomic E-state index is 14.1. The molecule has 5 rings (SSSR count). The molecule has 1 amide bonds. The molecule has 0 unspecified atom stereocenters. The average Bonchev–Trinajstić information content (AvgIpc) is 3.14. The molecule has 2 heterocycles. The average molecular weight is 724 g/mol. The second-order valence-corrected chi connectivity index (χ2v) is 14.4. The zero-order valence-electron chi connectivity index (χ0n) is 28.0. The van der Waals surface area contributed by atoms with E-state index in [1.807, 2.05) is 84.9 Å². The summed E-state index contributed by atoms with van der Waals surface area (Å²) in [6, 6.07) is 28.3. The Morgan fingerprint density at radius 3 is 2.12 bits per heavy atom. The second-order valence-electron chi connectivity index (χ2n) is 12.4. The summed E-state index contributed by atoms with van der Waals surface area (Å²) in [4.78, 5) is 30.0. The van der Waals surface area contributed by atoms with E-state index in [4.69, 9.17) is 9.47 Å². The molecule has 9 nitrogen and oxygen atoms in total. The van der Waals surface area contributed by atoms with E-state index < -0.39 is 44.8 Å². The van der Waals surface area contributed by atoms with Crippen molar-refractivity contribution < 1.29 is 40.7 Å². The van der Waals surface area contributed by atoms with Crippen LogP contribution in [0.15, 0.2) is 108 Å². The summed E-state index contributed by atoms with van der Waals surface area (Å²) in [5.41, 5.74) is 2.28. The lowest BCUT2D eigenvalue weighted by Crippen LogP contribution is -2.47. The molecule has 0 aliphatic carbocycles. The monoisotopic (exact) mass is 723 g/mol. The quantitative estimate of drug-likeness (QED) is 0.164. The Morgan fingerprint density at radius 2 is 1.53 bits per heavy atom. The predicted octanol–water partition coefficient (Wildman–Crippen LogP) is 5.92. The van der Waals surface area contributed by atoms with Crippen LogP contribution in [0.25, 0.3) is 0 Å². The number of alkyl halides is 3. The highest BCUT2D eigenvalue weighted by atomic mass is 32.2. The number of hydrogen-bond donors (Lipinski definition) is 2. The Balaban J connectivity index is 1.20. The summed E-state index contributed by atoms with van der Waals surface area (Å²) >= 11 is 0. The molecular weight excluding hydrogens is 683 g/mol. The van der Waals surface area contributed by atoms with Crippen molar-refractivity contribution in [2.24, 2.45) is 0 Å². The van der Waals surface area contributed by atoms with Crippen molar-refractivity contribution in [2.75, 3.05) is 26.0 Å². The second kappa shape index (κ2) is 17.1. The number of aromatic nitrogens is 1. The molecule has 1 saturated heterocycles. The van der Waals surface area contributed by atoms with Gasteiger partial charge in [-0.3, -0.25) is 4.79 Å². The summed E-state index contributed by atoms with van der Waals surface area (Å²) in [5, 5.41) is 5.50. The number of carbonyl (C=O) groups is 2. The molecule has 0 spiro atoms. The molecule has 51 heavy (non-hydrogen) atoms. The Morgan fingerprint density at radius 1 is 0.902 bits per heavy atom. The van der Waals surface area contributed by atoms with Crippen molar-refractivity contribution in [2.45, 2.75) is 61.0 Å². The van der Waals surface area contributed by atoms with Gasteiger partial charge >= 0.3 is 12.3 Å². The number of morpholine rings is 1. The molecule has 0 radical (unpaired) electrons. The minimum absolute atomic E-state index is 0.0715. The molecule has 4 aromatic rings. The largest absolute Gasteiger partial charge is 0.453 e. The van der Waals surface area contributed by atoms with Gasteiger partial charge in [0.25, 0.3) is 0 Å². The number of ether oxygens (including phenoxy) is 2. The minimum Gasteiger partial charge on any atom is -0.453 e. The molecule has 3 atom stereocenters. The highest BCUT2D eigenvalue weighted by Gasteiger charge is 2.35. The third-order valence-corrected chi connectivity index (χ3v) is 10.5. The first-order valence-electron chi connectivity index (χ1n) is 16.6. The van der Waals surface area contributed by atoms with Crippen LogP contribution in [-0.4, -0.2) is 69.5 Å². The Kier molecular flexibility index (Phi) is 12.6. The van der Waals surface area contributed by atoms with E-state index in [2.05, 4.69) is 15.6 Å². The van der Waals surface area contributed by atoms with Gasteiger partial charge in [-0.2, -0.15) is 13.2 Å². The molecule has 270 valence electrons. The van der Waals surface area contributed by atoms with Crippen LogP contribution in [0, 0.1) is 0 Å². The van der Waals surface area contributed by atoms with Gasteiger partial charge in [-0.1, -0.05) is 91.0 Å². The van der Waals surface area contributed by atoms with E-state index in [9.17, 15) is 31.2 Å². The molecule has 0 saturated carbocycles. The number of benzene rings is 3. The van der Waals surface area contributed by atoms with Gasteiger partial charge in [-0.25, -0.2) is 18.2 Å². The summed E-state index contributed by atoms with van der Waals surface area (Å²) in [6.45, 7) is 0.687. The lowest BCUT2D eigenvalue weighted by Gasteiger charge is -2.30. The van der Waals surface area contributed by atoms with Gasteiger partial charge in [0.1, 0.15) is 11.7 Å². The Labute approximate surface area is 295 Å². The third-order valence-electron chi connectivity index (χ3n) is 8.91. The maximum Gasteiger partial charge on any atom is 0.433 e. The van der Waals surface area contributed by atoms with E-state index in [0.29, 0.717) is 19.4 Å². The molecule has 13 heteroatoms. The van der Waals surface area contributed by atoms with Gasteiger partial charge in [-0.15, -0.1) is 0 Å². The third kappa shape index (κ3) is 10.2. The standard InChI is InChI=1S/C38H40F3N3O6S/c1-49-37(46)44-36(35(27-12-4-2-5-13-27)28-14-6-3-7-15-28)32(45)23-29-16-9-8-11-26(29)19-20-31-24-42-30(25-50-31)21-22-51(47,48)34-18-10-17-33(43-34)38(39,40)41/h2-18,30-31,35-36,42H,19-25H2,1H3,(H,44,46)/t30-,31-,36-/m1/s1. The van der Waals surface area contributed by atoms with Gasteiger partial charge in [0.15, 0.2) is 20.6 Å². The van der Waals surface area contributed by atoms with Crippen LogP contribution in [0.3, 0.4) is 0 Å². The number of Topliss-reactive ketones (excluding diaryl/α,β-unsaturated/α-hetero) is 1. The molecule has 1 fully saturated rings. The number of methoxy groups -OCH3 is 1. The summed E-state index contributed by atoms with van der Waals surface area (Å²) in [5.74, 6) is -1.02. The smallest absolute Gasteiger partial charge is 0.433 e. The molecule has 2 N–H and O–H groups in total. The van der Waals surface area contributed by atoms with Gasteiger partial charge in [-0.05, 0) is 53.6 Å². The van der Waals surface area contributed by atoms with Gasteiger partial charge in [0.2, 0.25) is 0 Å². The number of amides is 1. The van der Waals surface area contributed by atoms with E-state index in [-0.39, 0.29) is 43.1 Å². The van der Waals surface area contributed by atoms with Gasteiger partial charge in [0, 0.05) is 24.9 Å². The van der Waals surface area contributed by atoms with Crippen molar-refractivity contribution >= 4 is 21.7 Å². The highest BCUT2D eigenvalue weighted by Crippen LogP contribution is 2.31. The number of rotatable bonds is 14. The summed E-state index contributed by atoms with van der Waals surface area (Å²) in [6.07, 6.45) is -4.19. The molecule has 0 bridgehead atoms. The Bertz CT molecular complexity index is 1830. The van der Waals surface area contributed by atoms with E-state index in [0.717, 1.165) is 40.5 Å². The van der Waals surface area contributed by atoms with Gasteiger partial charge in [0.05, 0.1) is 25.6 Å². The van der Waals surface area contributed by atoms with Crippen LogP contribution in [0.5, 0.6) is 0 Å². The first-order chi connectivity index (χ1) is 24.4. The maximum atomic E-state index is 14.1. The molecule has 3 aromatic carbocycles. The van der Waals surface area contributed by atoms with E-state index >= 15 is 0 Å². The molecule has 1 aliphatic heterocycles. The van der Waals surface area contributed by atoms with Crippen LogP contribution in [0.2, 0.25) is 0 Å². The van der Waals surface area contributed by atoms with Crippen molar-refractivity contribution in [1.82, 2.24) is 15.6 Å². The number of pyridine rings is 1. The fourth-order valence-electron chi connectivity index (χ4n) is 6.21. The number of aryl methyl sites for hydroxylation is 1. The normalized spacial score (nSPS) is 17.1. The first kappa shape index (κ1) is 37.7. The van der Waals surface area contributed by atoms with E-state index in [1.54, 1.807) is 0 Å². The fraction of sp³-hybridized carbons (Fsp3) is 0.342. The van der Waals surface area contributed by atoms with Crippen LogP contribution in [0.4, 0.5) is 18.0 Å². The predicted molar refractivity (Wildman–Crippen MR) is 185 cm³/mol. The number of nitrogens with zero attached hydrogens (tertiary/aromatic N) is 1. The van der Waals surface area contributed by atoms with Crippen LogP contribution >= 0.6 is 0 Å². The fourth-order valence-corrected chi connectivity index (χ4v) is 7.54. The summed E-state index contributed by atoms with van der Waals surface area (Å²) < 4.78 is 75.5. The van der Waals surface area contributed by atoms with E-state index in [1.165, 1.54) is 7.11 Å². The zero-order chi connectivity index (χ0) is 36.4. The zero-order valence-corrected chi connectivity index (χ0v) is 28.8. The number of sulfone groups is 1. The number of nitrogens with one attached hydrogen (secondary N) is 2. The van der Waals surface area contributed by atoms with Crippen molar-refractivity contribution in [3.8, 4) is 0 Å². The van der Waals surface area contributed by atoms with Crippen molar-refractivity contribution in [3.05, 3.63) is 131 Å². The van der Waals surface area contributed by atoms with Crippen LogP contribution < -0.4 is 10.6 Å². The topological polar surface area (TPSA) is 124 Å². The number of alkyl carbamates (subject to hydrolysis) is 1. The number of ketones is 1. The van der Waals surface area contributed by atoms with Crippen LogP contribution in [0.1, 0.15) is 46.7 Å². The highest BCUT2D eigenvalue weighted by molar-refractivity contribution is 7.91. The first-order valence-corrected chi connectivity index (χ1v) is 18.3. The number of carbonyl (C=O) groups excluding carboxylic acids is 2. The van der Waals surface area contributed by atoms with Crippen molar-refractivity contribution in [1.29, 1.82) is 0 Å². The lowest BCUT2D eigenvalue weighted by atomic mass is 9.81. The Hall–Kier alpha value is -4.59. The number of hydrogen-bond acceptors (Lipinski definition) is 8. The number of halogens is 3.